The van der Waals surface area contributed by atoms with Crippen molar-refractivity contribution in [1.29, 1.82) is 0 Å². The van der Waals surface area contributed by atoms with E-state index >= 15 is 0 Å². The van der Waals surface area contributed by atoms with Crippen LogP contribution in [0.1, 0.15) is 74.9 Å². The van der Waals surface area contributed by atoms with Gasteiger partial charge in [-0.3, -0.25) is 19.9 Å². The van der Waals surface area contributed by atoms with Crippen molar-refractivity contribution < 1.29 is 29.6 Å². The van der Waals surface area contributed by atoms with E-state index in [1.807, 2.05) is 56.0 Å². The number of rotatable bonds is 7. The Labute approximate surface area is 230 Å². The average Bonchev–Trinajstić information content (AvgIpc) is 3.47. The summed E-state index contributed by atoms with van der Waals surface area (Å²) >= 11 is 0. The minimum absolute atomic E-state index is 0.143. The van der Waals surface area contributed by atoms with Crippen LogP contribution in [0.4, 0.5) is 0 Å². The Morgan fingerprint density at radius 2 is 1.77 bits per heavy atom. The number of likely N-dealkylation sites (tertiary alicyclic amines) is 1. The van der Waals surface area contributed by atoms with Crippen LogP contribution in [0.2, 0.25) is 0 Å². The maximum absolute atomic E-state index is 12.7. The fourth-order valence-electron chi connectivity index (χ4n) is 5.89. The topological polar surface area (TPSA) is 115 Å². The lowest BCUT2D eigenvalue weighted by Crippen LogP contribution is -2.56. The van der Waals surface area contributed by atoms with E-state index in [0.29, 0.717) is 38.3 Å². The molecule has 1 unspecified atom stereocenters. The summed E-state index contributed by atoms with van der Waals surface area (Å²) in [6, 6.07) is 13.4. The molecule has 2 aromatic carbocycles. The molecule has 212 valence electrons. The monoisotopic (exact) mass is 539 g/mol. The Bertz CT molecular complexity index is 1150. The number of carbonyl (C=O) groups is 1. The second kappa shape index (κ2) is 11.5. The van der Waals surface area contributed by atoms with Crippen LogP contribution in [0.25, 0.3) is 0 Å². The standard InChI is InChI=1S/C30H41N3O6/c1-30(2,3)39-29(37)24-7-5-15-32(24)16-19-9-11-20(12-10-19)18-38-25-8-4-6-21-22(25)17-33(28(21)36)23-13-14-26(34)31-27(23)35/h4,6,8-12,23-24,26-28,31,34-36H,5,7,13-18H2,1-3H3/t23-,24?,26-,27-,28-/m1/s1. The number of piperidine rings is 1. The molecule has 5 atom stereocenters. The highest BCUT2D eigenvalue weighted by Gasteiger charge is 2.40. The molecule has 2 fully saturated rings. The highest BCUT2D eigenvalue weighted by Crippen LogP contribution is 2.40. The van der Waals surface area contributed by atoms with Crippen LogP contribution in [-0.4, -0.2) is 67.8 Å². The first-order valence-electron chi connectivity index (χ1n) is 13.9. The van der Waals surface area contributed by atoms with E-state index < -0.39 is 24.3 Å². The number of fused-ring (bicyclic) bond motifs is 1. The summed E-state index contributed by atoms with van der Waals surface area (Å²) in [5.41, 5.74) is 3.38. The summed E-state index contributed by atoms with van der Waals surface area (Å²) in [6.45, 7) is 8.12. The fraction of sp³-hybridized carbons (Fsp3) is 0.567. The molecular formula is C30H41N3O6. The van der Waals surface area contributed by atoms with Gasteiger partial charge in [0.1, 0.15) is 42.7 Å². The molecular weight excluding hydrogens is 498 g/mol. The van der Waals surface area contributed by atoms with E-state index in [1.54, 1.807) is 0 Å². The minimum Gasteiger partial charge on any atom is -0.489 e. The fourth-order valence-corrected chi connectivity index (χ4v) is 5.89. The van der Waals surface area contributed by atoms with Crippen LogP contribution in [0.3, 0.4) is 0 Å². The van der Waals surface area contributed by atoms with Crippen LogP contribution < -0.4 is 10.1 Å². The third kappa shape index (κ3) is 6.45. The zero-order valence-electron chi connectivity index (χ0n) is 23.0. The third-order valence-corrected chi connectivity index (χ3v) is 7.84. The number of esters is 1. The van der Waals surface area contributed by atoms with Crippen molar-refractivity contribution in [3.8, 4) is 5.75 Å². The van der Waals surface area contributed by atoms with Crippen molar-refractivity contribution in [1.82, 2.24) is 15.1 Å². The molecule has 4 N–H and O–H groups in total. The van der Waals surface area contributed by atoms with Crippen LogP contribution in [0.15, 0.2) is 42.5 Å². The second-order valence-corrected chi connectivity index (χ2v) is 11.9. The molecule has 2 saturated heterocycles. The lowest BCUT2D eigenvalue weighted by Gasteiger charge is -2.39. The molecule has 2 aromatic rings. The molecule has 0 bridgehead atoms. The maximum atomic E-state index is 12.7. The first-order valence-corrected chi connectivity index (χ1v) is 13.9. The van der Waals surface area contributed by atoms with Gasteiger partial charge in [-0.1, -0.05) is 36.4 Å². The van der Waals surface area contributed by atoms with Gasteiger partial charge in [-0.15, -0.1) is 0 Å². The average molecular weight is 540 g/mol. The first-order chi connectivity index (χ1) is 18.6. The van der Waals surface area contributed by atoms with Gasteiger partial charge in [0.05, 0.1) is 6.04 Å². The van der Waals surface area contributed by atoms with Gasteiger partial charge in [-0.05, 0) is 70.2 Å². The van der Waals surface area contributed by atoms with Gasteiger partial charge in [0.15, 0.2) is 0 Å². The number of aliphatic hydroxyl groups is 3. The molecule has 3 aliphatic heterocycles. The number of hydrogen-bond donors (Lipinski definition) is 4. The van der Waals surface area contributed by atoms with Gasteiger partial charge in [-0.25, -0.2) is 0 Å². The first kappa shape index (κ1) is 28.0. The van der Waals surface area contributed by atoms with E-state index in [9.17, 15) is 20.1 Å². The van der Waals surface area contributed by atoms with Gasteiger partial charge < -0.3 is 24.8 Å². The quantitative estimate of drug-likeness (QED) is 0.394. The Kier molecular flexibility index (Phi) is 8.28. The number of benzene rings is 2. The summed E-state index contributed by atoms with van der Waals surface area (Å²) < 4.78 is 11.8. The molecule has 0 saturated carbocycles. The highest BCUT2D eigenvalue weighted by atomic mass is 16.6. The van der Waals surface area contributed by atoms with Crippen molar-refractivity contribution >= 4 is 5.97 Å². The number of hydrogen-bond acceptors (Lipinski definition) is 9. The largest absolute Gasteiger partial charge is 0.489 e. The van der Waals surface area contributed by atoms with Gasteiger partial charge in [0.25, 0.3) is 0 Å². The van der Waals surface area contributed by atoms with Crippen molar-refractivity contribution in [2.75, 3.05) is 6.54 Å². The smallest absolute Gasteiger partial charge is 0.323 e. The van der Waals surface area contributed by atoms with Gasteiger partial charge in [0, 0.05) is 24.2 Å². The van der Waals surface area contributed by atoms with Crippen LogP contribution >= 0.6 is 0 Å². The Morgan fingerprint density at radius 1 is 1.03 bits per heavy atom. The lowest BCUT2D eigenvalue weighted by atomic mass is 10.0. The highest BCUT2D eigenvalue weighted by molar-refractivity contribution is 5.76. The predicted octanol–water partition coefficient (Wildman–Crippen LogP) is 2.77. The third-order valence-electron chi connectivity index (χ3n) is 7.84. The van der Waals surface area contributed by atoms with E-state index in [-0.39, 0.29) is 18.1 Å². The van der Waals surface area contributed by atoms with Crippen molar-refractivity contribution in [3.63, 3.8) is 0 Å². The van der Waals surface area contributed by atoms with Gasteiger partial charge >= 0.3 is 5.97 Å². The second-order valence-electron chi connectivity index (χ2n) is 11.9. The normalized spacial score (nSPS) is 27.9. The summed E-state index contributed by atoms with van der Waals surface area (Å²) in [5, 5.41) is 33.9. The SMILES string of the molecule is CC(C)(C)OC(=O)C1CCCN1Cc1ccc(COc2cccc3c2CN([C@@H]2CC[C@@H](O)N[C@@H]2O)[C@@H]3O)cc1. The Balaban J connectivity index is 1.19. The molecule has 5 rings (SSSR count). The number of ether oxygens (including phenoxy) is 2. The summed E-state index contributed by atoms with van der Waals surface area (Å²) in [4.78, 5) is 16.7. The molecule has 3 heterocycles. The minimum atomic E-state index is -0.916. The number of aliphatic hydroxyl groups excluding tert-OH is 3. The molecule has 0 radical (unpaired) electrons. The number of nitrogens with one attached hydrogen (secondary N) is 1. The van der Waals surface area contributed by atoms with E-state index in [2.05, 4.69) is 22.3 Å². The maximum Gasteiger partial charge on any atom is 0.323 e. The van der Waals surface area contributed by atoms with Crippen LogP contribution in [0, 0.1) is 0 Å². The number of carbonyl (C=O) groups excluding carboxylic acids is 1. The van der Waals surface area contributed by atoms with E-state index in [1.165, 1.54) is 0 Å². The summed E-state index contributed by atoms with van der Waals surface area (Å²) in [7, 11) is 0. The summed E-state index contributed by atoms with van der Waals surface area (Å²) in [6.07, 6.45) is 0.424. The summed E-state index contributed by atoms with van der Waals surface area (Å²) in [5.74, 6) is 0.574. The predicted molar refractivity (Wildman–Crippen MR) is 145 cm³/mol. The molecule has 39 heavy (non-hydrogen) atoms. The lowest BCUT2D eigenvalue weighted by molar-refractivity contribution is -0.160. The van der Waals surface area contributed by atoms with E-state index in [0.717, 1.165) is 41.6 Å². The van der Waals surface area contributed by atoms with Crippen LogP contribution in [0.5, 0.6) is 5.75 Å². The molecule has 3 aliphatic rings. The van der Waals surface area contributed by atoms with Crippen molar-refractivity contribution in [3.05, 3.63) is 64.7 Å². The Morgan fingerprint density at radius 3 is 2.49 bits per heavy atom. The molecule has 0 amide bonds. The molecule has 9 heteroatoms. The van der Waals surface area contributed by atoms with Crippen molar-refractivity contribution in [2.24, 2.45) is 0 Å². The van der Waals surface area contributed by atoms with E-state index in [4.69, 9.17) is 9.47 Å². The molecule has 0 aliphatic carbocycles. The zero-order chi connectivity index (χ0) is 27.7. The molecule has 9 nitrogen and oxygen atoms in total. The van der Waals surface area contributed by atoms with Crippen LogP contribution in [-0.2, 0) is 29.2 Å². The molecule has 0 aromatic heterocycles. The van der Waals surface area contributed by atoms with Gasteiger partial charge in [-0.2, -0.15) is 0 Å². The van der Waals surface area contributed by atoms with Crippen molar-refractivity contribution in [2.45, 2.75) is 103 Å². The molecule has 0 spiro atoms. The zero-order valence-corrected chi connectivity index (χ0v) is 23.0. The number of nitrogens with zero attached hydrogens (tertiary/aromatic N) is 2. The Hall–Kier alpha value is -2.53. The van der Waals surface area contributed by atoms with Gasteiger partial charge in [0.2, 0.25) is 0 Å².